The Hall–Kier alpha value is -2.54. The van der Waals surface area contributed by atoms with Gasteiger partial charge in [-0.25, -0.2) is 4.98 Å². The van der Waals surface area contributed by atoms with Crippen molar-refractivity contribution in [3.63, 3.8) is 0 Å². The Morgan fingerprint density at radius 1 is 1.16 bits per heavy atom. The highest BCUT2D eigenvalue weighted by atomic mass is 16.5. The molecule has 0 spiro atoms. The molecule has 0 aliphatic rings. The molecular formula is C15H15N3O. The molecule has 0 fully saturated rings. The number of hydrogen-bond acceptors (Lipinski definition) is 4. The number of aromatic nitrogens is 1. The number of anilines is 1. The zero-order chi connectivity index (χ0) is 13.7. The van der Waals surface area contributed by atoms with Crippen LogP contribution in [-0.4, -0.2) is 19.1 Å². The topological polar surface area (TPSA) is 49.1 Å². The molecule has 0 saturated carbocycles. The molecule has 1 heterocycles. The molecule has 0 N–H and O–H groups in total. The van der Waals surface area contributed by atoms with Crippen LogP contribution in [0.3, 0.4) is 0 Å². The normalized spacial score (nSPS) is 9.74. The van der Waals surface area contributed by atoms with Crippen LogP contribution in [0.4, 0.5) is 5.82 Å². The first-order valence-electron chi connectivity index (χ1n) is 5.96. The fourth-order valence-corrected chi connectivity index (χ4v) is 1.62. The maximum absolute atomic E-state index is 9.11. The Kier molecular flexibility index (Phi) is 3.99. The van der Waals surface area contributed by atoms with Gasteiger partial charge in [0.25, 0.3) is 0 Å². The van der Waals surface area contributed by atoms with Crippen molar-refractivity contribution in [2.24, 2.45) is 0 Å². The van der Waals surface area contributed by atoms with Crippen LogP contribution in [0.25, 0.3) is 0 Å². The van der Waals surface area contributed by atoms with E-state index < -0.39 is 0 Å². The summed E-state index contributed by atoms with van der Waals surface area (Å²) in [5, 5.41) is 9.11. The highest BCUT2D eigenvalue weighted by molar-refractivity contribution is 5.47. The van der Waals surface area contributed by atoms with E-state index in [1.54, 1.807) is 6.07 Å². The minimum Gasteiger partial charge on any atom is -0.486 e. The number of pyridine rings is 1. The Balaban J connectivity index is 2.15. The van der Waals surface area contributed by atoms with Crippen LogP contribution in [0.1, 0.15) is 11.3 Å². The molecule has 1 aromatic carbocycles. The van der Waals surface area contributed by atoms with Crippen LogP contribution in [-0.2, 0) is 6.61 Å². The third-order valence-electron chi connectivity index (χ3n) is 2.64. The van der Waals surface area contributed by atoms with Crippen molar-refractivity contribution in [1.29, 1.82) is 5.26 Å². The molecule has 0 radical (unpaired) electrons. The Morgan fingerprint density at radius 3 is 2.53 bits per heavy atom. The van der Waals surface area contributed by atoms with Crippen molar-refractivity contribution in [2.75, 3.05) is 19.0 Å². The summed E-state index contributed by atoms with van der Waals surface area (Å²) in [4.78, 5) is 6.09. The number of benzene rings is 1. The number of nitrogens with zero attached hydrogens (tertiary/aromatic N) is 3. The number of nitriles is 1. The third kappa shape index (κ3) is 3.23. The average Bonchev–Trinajstić information content (AvgIpc) is 2.45. The first-order chi connectivity index (χ1) is 9.20. The lowest BCUT2D eigenvalue weighted by molar-refractivity contribution is 0.304. The molecular weight excluding hydrogens is 238 g/mol. The molecule has 0 saturated heterocycles. The highest BCUT2D eigenvalue weighted by Gasteiger charge is 2.08. The smallest absolute Gasteiger partial charge is 0.184 e. The summed E-state index contributed by atoms with van der Waals surface area (Å²) < 4.78 is 5.65. The van der Waals surface area contributed by atoms with Gasteiger partial charge in [0.15, 0.2) is 11.4 Å². The lowest BCUT2D eigenvalue weighted by Gasteiger charge is -2.13. The SMILES string of the molecule is CN(C)c1ccc(OCc2ccccc2)c(C#N)n1. The van der Waals surface area contributed by atoms with E-state index in [0.29, 0.717) is 18.1 Å². The van der Waals surface area contributed by atoms with Crippen molar-refractivity contribution in [3.05, 3.63) is 53.7 Å². The van der Waals surface area contributed by atoms with E-state index in [-0.39, 0.29) is 0 Å². The van der Waals surface area contributed by atoms with Crippen LogP contribution >= 0.6 is 0 Å². The summed E-state index contributed by atoms with van der Waals surface area (Å²) in [6, 6.07) is 15.5. The predicted molar refractivity (Wildman–Crippen MR) is 74.1 cm³/mol. The Labute approximate surface area is 112 Å². The van der Waals surface area contributed by atoms with Crippen LogP contribution in [0, 0.1) is 11.3 Å². The quantitative estimate of drug-likeness (QED) is 0.840. The summed E-state index contributed by atoms with van der Waals surface area (Å²) in [5.74, 6) is 1.25. The standard InChI is InChI=1S/C15H15N3O/c1-18(2)15-9-8-14(13(10-16)17-15)19-11-12-6-4-3-5-7-12/h3-9H,11H2,1-2H3. The lowest BCUT2D eigenvalue weighted by atomic mass is 10.2. The minimum absolute atomic E-state index is 0.308. The van der Waals surface area contributed by atoms with E-state index in [9.17, 15) is 0 Å². The van der Waals surface area contributed by atoms with Gasteiger partial charge >= 0.3 is 0 Å². The van der Waals surface area contributed by atoms with Crippen LogP contribution in [0.15, 0.2) is 42.5 Å². The molecule has 2 aromatic rings. The Bertz CT molecular complexity index is 588. The summed E-state index contributed by atoms with van der Waals surface area (Å²) in [6.45, 7) is 0.429. The average molecular weight is 253 g/mol. The second-order valence-electron chi connectivity index (χ2n) is 4.30. The van der Waals surface area contributed by atoms with Gasteiger partial charge in [0.2, 0.25) is 0 Å². The molecule has 19 heavy (non-hydrogen) atoms. The van der Waals surface area contributed by atoms with Gasteiger partial charge in [-0.05, 0) is 17.7 Å². The summed E-state index contributed by atoms with van der Waals surface area (Å²) >= 11 is 0. The highest BCUT2D eigenvalue weighted by Crippen LogP contribution is 2.20. The summed E-state index contributed by atoms with van der Waals surface area (Å²) in [5.41, 5.74) is 1.37. The zero-order valence-electron chi connectivity index (χ0n) is 11.0. The molecule has 96 valence electrons. The second kappa shape index (κ2) is 5.87. The summed E-state index contributed by atoms with van der Waals surface area (Å²) in [6.07, 6.45) is 0. The van der Waals surface area contributed by atoms with Gasteiger partial charge in [0, 0.05) is 14.1 Å². The molecule has 1 aromatic heterocycles. The van der Waals surface area contributed by atoms with Crippen molar-refractivity contribution in [3.8, 4) is 11.8 Å². The fraction of sp³-hybridized carbons (Fsp3) is 0.200. The first kappa shape index (κ1) is 12.9. The number of hydrogen-bond donors (Lipinski definition) is 0. The van der Waals surface area contributed by atoms with E-state index in [0.717, 1.165) is 11.4 Å². The molecule has 0 atom stereocenters. The molecule has 0 unspecified atom stereocenters. The number of ether oxygens (including phenoxy) is 1. The van der Waals surface area contributed by atoms with Gasteiger partial charge in [-0.3, -0.25) is 0 Å². The van der Waals surface area contributed by atoms with Crippen LogP contribution < -0.4 is 9.64 Å². The number of rotatable bonds is 4. The van der Waals surface area contributed by atoms with Gasteiger partial charge in [0.05, 0.1) is 0 Å². The van der Waals surface area contributed by atoms with Crippen molar-refractivity contribution >= 4 is 5.82 Å². The maximum atomic E-state index is 9.11. The van der Waals surface area contributed by atoms with E-state index in [4.69, 9.17) is 10.00 Å². The van der Waals surface area contributed by atoms with Gasteiger partial charge in [-0.1, -0.05) is 30.3 Å². The van der Waals surface area contributed by atoms with Crippen LogP contribution in [0.2, 0.25) is 0 Å². The van der Waals surface area contributed by atoms with Crippen molar-refractivity contribution < 1.29 is 4.74 Å². The zero-order valence-corrected chi connectivity index (χ0v) is 11.0. The molecule has 4 nitrogen and oxygen atoms in total. The van der Waals surface area contributed by atoms with E-state index in [1.807, 2.05) is 55.4 Å². The van der Waals surface area contributed by atoms with Gasteiger partial charge in [0.1, 0.15) is 18.5 Å². The molecule has 0 aliphatic carbocycles. The fourth-order valence-electron chi connectivity index (χ4n) is 1.62. The third-order valence-corrected chi connectivity index (χ3v) is 2.64. The molecule has 0 aliphatic heterocycles. The maximum Gasteiger partial charge on any atom is 0.184 e. The molecule has 4 heteroatoms. The van der Waals surface area contributed by atoms with Crippen molar-refractivity contribution in [2.45, 2.75) is 6.61 Å². The Morgan fingerprint density at radius 2 is 1.89 bits per heavy atom. The predicted octanol–water partition coefficient (Wildman–Crippen LogP) is 2.60. The second-order valence-corrected chi connectivity index (χ2v) is 4.30. The van der Waals surface area contributed by atoms with Gasteiger partial charge in [-0.15, -0.1) is 0 Å². The largest absolute Gasteiger partial charge is 0.486 e. The monoisotopic (exact) mass is 253 g/mol. The molecule has 0 bridgehead atoms. The van der Waals surface area contributed by atoms with Crippen molar-refractivity contribution in [1.82, 2.24) is 4.98 Å². The minimum atomic E-state index is 0.308. The summed E-state index contributed by atoms with van der Waals surface area (Å²) in [7, 11) is 3.77. The van der Waals surface area contributed by atoms with E-state index in [2.05, 4.69) is 11.1 Å². The molecule has 2 rings (SSSR count). The first-order valence-corrected chi connectivity index (χ1v) is 5.96. The van der Waals surface area contributed by atoms with E-state index in [1.165, 1.54) is 0 Å². The lowest BCUT2D eigenvalue weighted by Crippen LogP contribution is -2.11. The van der Waals surface area contributed by atoms with Crippen LogP contribution in [0.5, 0.6) is 5.75 Å². The van der Waals surface area contributed by atoms with Gasteiger partial charge < -0.3 is 9.64 Å². The van der Waals surface area contributed by atoms with E-state index >= 15 is 0 Å². The molecule has 0 amide bonds. The van der Waals surface area contributed by atoms with Gasteiger partial charge in [-0.2, -0.15) is 5.26 Å².